The average Bonchev–Trinajstić information content (AvgIpc) is 3.34. The van der Waals surface area contributed by atoms with Crippen molar-refractivity contribution in [1.82, 2.24) is 4.90 Å². The molecule has 0 radical (unpaired) electrons. The zero-order valence-electron chi connectivity index (χ0n) is 18.7. The molecule has 5 nitrogen and oxygen atoms in total. The molecule has 0 N–H and O–H groups in total. The van der Waals surface area contributed by atoms with Crippen LogP contribution in [0.25, 0.3) is 5.57 Å². The zero-order chi connectivity index (χ0) is 22.1. The zero-order valence-corrected chi connectivity index (χ0v) is 18.7. The molecule has 2 aliphatic heterocycles. The molecule has 4 rings (SSSR count). The maximum Gasteiger partial charge on any atom is 0.282 e. The lowest BCUT2D eigenvalue weighted by molar-refractivity contribution is -0.120. The van der Waals surface area contributed by atoms with Crippen molar-refractivity contribution >= 4 is 23.1 Å². The van der Waals surface area contributed by atoms with E-state index in [1.807, 2.05) is 62.4 Å². The lowest BCUT2D eigenvalue weighted by atomic mass is 10.0. The second kappa shape index (κ2) is 8.58. The molecule has 0 aromatic heterocycles. The van der Waals surface area contributed by atoms with Gasteiger partial charge < -0.3 is 9.64 Å². The summed E-state index contributed by atoms with van der Waals surface area (Å²) in [6.45, 7) is 9.80. The first-order valence-corrected chi connectivity index (χ1v) is 11.1. The van der Waals surface area contributed by atoms with Crippen LogP contribution in [0.2, 0.25) is 0 Å². The molecule has 31 heavy (non-hydrogen) atoms. The largest absolute Gasteiger partial charge is 0.491 e. The van der Waals surface area contributed by atoms with Gasteiger partial charge in [0.15, 0.2) is 0 Å². The molecule has 1 saturated heterocycles. The molecule has 0 saturated carbocycles. The van der Waals surface area contributed by atoms with E-state index in [2.05, 4.69) is 18.7 Å². The molecule has 2 aromatic rings. The van der Waals surface area contributed by atoms with Gasteiger partial charge in [-0.1, -0.05) is 38.1 Å². The van der Waals surface area contributed by atoms with Crippen molar-refractivity contribution < 1.29 is 14.3 Å². The van der Waals surface area contributed by atoms with E-state index in [0.717, 1.165) is 37.2 Å². The van der Waals surface area contributed by atoms with E-state index in [0.29, 0.717) is 22.9 Å². The monoisotopic (exact) mass is 418 g/mol. The summed E-state index contributed by atoms with van der Waals surface area (Å²) < 4.78 is 5.74. The smallest absolute Gasteiger partial charge is 0.282 e. The molecule has 5 heteroatoms. The summed E-state index contributed by atoms with van der Waals surface area (Å²) in [5.74, 6) is 0.642. The number of ether oxygens (including phenoxy) is 1. The Balaban J connectivity index is 1.73. The Morgan fingerprint density at radius 3 is 1.97 bits per heavy atom. The van der Waals surface area contributed by atoms with Crippen LogP contribution in [0.5, 0.6) is 5.75 Å². The van der Waals surface area contributed by atoms with Crippen LogP contribution in [0.4, 0.5) is 5.69 Å². The standard InChI is InChI=1S/C26H30N2O3/c1-17(2)19-7-11-21(12-8-19)28-25(29)23(24(26(28)30)27-15-5-6-16-27)20-9-13-22(14-10-20)31-18(3)4/h7-14,17-18H,5-6,15-16H2,1-4H3. The fourth-order valence-electron chi connectivity index (χ4n) is 4.23. The van der Waals surface area contributed by atoms with Gasteiger partial charge in [-0.3, -0.25) is 9.59 Å². The number of imide groups is 1. The molecule has 162 valence electrons. The minimum Gasteiger partial charge on any atom is -0.491 e. The van der Waals surface area contributed by atoms with Crippen molar-refractivity contribution in [2.45, 2.75) is 52.6 Å². The van der Waals surface area contributed by atoms with E-state index in [4.69, 9.17) is 4.74 Å². The minimum atomic E-state index is -0.262. The van der Waals surface area contributed by atoms with Crippen LogP contribution in [-0.2, 0) is 9.59 Å². The van der Waals surface area contributed by atoms with Crippen molar-refractivity contribution in [2.75, 3.05) is 18.0 Å². The Morgan fingerprint density at radius 2 is 1.42 bits per heavy atom. The van der Waals surface area contributed by atoms with Gasteiger partial charge >= 0.3 is 0 Å². The van der Waals surface area contributed by atoms with E-state index in [1.54, 1.807) is 0 Å². The van der Waals surface area contributed by atoms with E-state index in [9.17, 15) is 9.59 Å². The third kappa shape index (κ3) is 4.09. The molecule has 2 amide bonds. The van der Waals surface area contributed by atoms with Crippen LogP contribution in [0.1, 0.15) is 57.6 Å². The first kappa shape index (κ1) is 21.2. The van der Waals surface area contributed by atoms with Crippen molar-refractivity contribution in [2.24, 2.45) is 0 Å². The lowest BCUT2D eigenvalue weighted by Crippen LogP contribution is -2.34. The number of likely N-dealkylation sites (tertiary alicyclic amines) is 1. The molecular formula is C26H30N2O3. The van der Waals surface area contributed by atoms with E-state index in [1.165, 1.54) is 10.5 Å². The van der Waals surface area contributed by atoms with Gasteiger partial charge in [0.05, 0.1) is 17.4 Å². The third-order valence-electron chi connectivity index (χ3n) is 5.81. The highest BCUT2D eigenvalue weighted by Crippen LogP contribution is 2.37. The molecule has 0 unspecified atom stereocenters. The Labute approximate surface area is 184 Å². The fourth-order valence-corrected chi connectivity index (χ4v) is 4.23. The second-order valence-corrected chi connectivity index (χ2v) is 8.80. The Kier molecular flexibility index (Phi) is 5.86. The number of benzene rings is 2. The summed E-state index contributed by atoms with van der Waals surface area (Å²) in [7, 11) is 0. The summed E-state index contributed by atoms with van der Waals surface area (Å²) in [5.41, 5.74) is 3.55. The highest BCUT2D eigenvalue weighted by molar-refractivity contribution is 6.45. The van der Waals surface area contributed by atoms with Crippen LogP contribution in [-0.4, -0.2) is 35.9 Å². The van der Waals surface area contributed by atoms with Gasteiger partial charge in [0.25, 0.3) is 11.8 Å². The van der Waals surface area contributed by atoms with Crippen LogP contribution < -0.4 is 9.64 Å². The van der Waals surface area contributed by atoms with Crippen molar-refractivity contribution in [3.63, 3.8) is 0 Å². The first-order chi connectivity index (χ1) is 14.9. The molecular weight excluding hydrogens is 388 g/mol. The molecule has 0 atom stereocenters. The van der Waals surface area contributed by atoms with Crippen molar-refractivity contribution in [1.29, 1.82) is 0 Å². The fraction of sp³-hybridized carbons (Fsp3) is 0.385. The van der Waals surface area contributed by atoms with Gasteiger partial charge in [0.2, 0.25) is 0 Å². The predicted molar refractivity (Wildman–Crippen MR) is 123 cm³/mol. The van der Waals surface area contributed by atoms with Gasteiger partial charge in [-0.05, 0) is 68.0 Å². The van der Waals surface area contributed by atoms with Crippen LogP contribution in [0, 0.1) is 0 Å². The molecule has 2 aromatic carbocycles. The maximum atomic E-state index is 13.6. The number of rotatable bonds is 6. The highest BCUT2D eigenvalue weighted by atomic mass is 16.5. The maximum absolute atomic E-state index is 13.6. The van der Waals surface area contributed by atoms with E-state index >= 15 is 0 Å². The number of carbonyl (C=O) groups is 2. The highest BCUT2D eigenvalue weighted by Gasteiger charge is 2.42. The number of hydrogen-bond donors (Lipinski definition) is 0. The number of carbonyl (C=O) groups excluding carboxylic acids is 2. The molecule has 2 aliphatic rings. The first-order valence-electron chi connectivity index (χ1n) is 11.1. The van der Waals surface area contributed by atoms with Gasteiger partial charge in [-0.25, -0.2) is 4.90 Å². The third-order valence-corrected chi connectivity index (χ3v) is 5.81. The molecule has 1 fully saturated rings. The summed E-state index contributed by atoms with van der Waals surface area (Å²) in [4.78, 5) is 30.4. The summed E-state index contributed by atoms with van der Waals surface area (Å²) >= 11 is 0. The van der Waals surface area contributed by atoms with Gasteiger partial charge in [-0.15, -0.1) is 0 Å². The van der Waals surface area contributed by atoms with Crippen LogP contribution in [0.15, 0.2) is 54.2 Å². The van der Waals surface area contributed by atoms with Gasteiger partial charge in [0, 0.05) is 13.1 Å². The van der Waals surface area contributed by atoms with E-state index < -0.39 is 0 Å². The summed E-state index contributed by atoms with van der Waals surface area (Å²) in [6.07, 6.45) is 2.13. The summed E-state index contributed by atoms with van der Waals surface area (Å²) in [6, 6.07) is 15.2. The molecule has 0 spiro atoms. The summed E-state index contributed by atoms with van der Waals surface area (Å²) in [5, 5.41) is 0. The quantitative estimate of drug-likeness (QED) is 0.621. The molecule has 0 aliphatic carbocycles. The number of nitrogens with zero attached hydrogens (tertiary/aromatic N) is 2. The number of hydrogen-bond acceptors (Lipinski definition) is 4. The van der Waals surface area contributed by atoms with Crippen LogP contribution in [0.3, 0.4) is 0 Å². The predicted octanol–water partition coefficient (Wildman–Crippen LogP) is 4.98. The van der Waals surface area contributed by atoms with Crippen molar-refractivity contribution in [3.8, 4) is 5.75 Å². The van der Waals surface area contributed by atoms with Crippen molar-refractivity contribution in [3.05, 3.63) is 65.4 Å². The molecule has 0 bridgehead atoms. The van der Waals surface area contributed by atoms with Gasteiger partial charge in [0.1, 0.15) is 11.4 Å². The van der Waals surface area contributed by atoms with E-state index in [-0.39, 0.29) is 17.9 Å². The number of anilines is 1. The normalized spacial score (nSPS) is 17.0. The topological polar surface area (TPSA) is 49.9 Å². The Hall–Kier alpha value is -3.08. The lowest BCUT2D eigenvalue weighted by Gasteiger charge is -2.20. The number of amides is 2. The Bertz CT molecular complexity index is 998. The molecule has 2 heterocycles. The SMILES string of the molecule is CC(C)Oc1ccc(C2=C(N3CCCC3)C(=O)N(c3ccc(C(C)C)cc3)C2=O)cc1. The average molecular weight is 419 g/mol. The Morgan fingerprint density at radius 1 is 0.806 bits per heavy atom. The van der Waals surface area contributed by atoms with Gasteiger partial charge in [-0.2, -0.15) is 0 Å². The second-order valence-electron chi connectivity index (χ2n) is 8.80. The van der Waals surface area contributed by atoms with Crippen LogP contribution >= 0.6 is 0 Å². The minimum absolute atomic E-state index is 0.0734.